The van der Waals surface area contributed by atoms with Crippen LogP contribution in [-0.4, -0.2) is 23.6 Å². The number of hydrogen-bond acceptors (Lipinski definition) is 1. The van der Waals surface area contributed by atoms with E-state index in [4.69, 9.17) is 0 Å². The van der Waals surface area contributed by atoms with E-state index in [1.807, 2.05) is 0 Å². The Kier molecular flexibility index (Phi) is 2.78. The third kappa shape index (κ3) is 1.38. The molecule has 0 amide bonds. The molecule has 2 aromatic rings. The van der Waals surface area contributed by atoms with Crippen LogP contribution in [0.2, 0.25) is 0 Å². The highest BCUT2D eigenvalue weighted by atomic mass is 35.5. The minimum absolute atomic E-state index is 0. The molecule has 0 N–H and O–H groups in total. The van der Waals surface area contributed by atoms with Gasteiger partial charge in [-0.1, -0.05) is 18.2 Å². The van der Waals surface area contributed by atoms with Gasteiger partial charge in [0.1, 0.15) is 0 Å². The molecule has 1 aromatic carbocycles. The summed E-state index contributed by atoms with van der Waals surface area (Å²) in [5.74, 6) is 0. The van der Waals surface area contributed by atoms with Crippen molar-refractivity contribution in [1.82, 2.24) is 9.47 Å². The third-order valence-corrected chi connectivity index (χ3v) is 3.07. The highest BCUT2D eigenvalue weighted by Gasteiger charge is 2.29. The highest BCUT2D eigenvalue weighted by Crippen LogP contribution is 2.38. The van der Waals surface area contributed by atoms with Gasteiger partial charge >= 0.3 is 0 Å². The van der Waals surface area contributed by atoms with Gasteiger partial charge in [-0.15, -0.1) is 0 Å². The molecule has 0 saturated carbocycles. The predicted octanol–water partition coefficient (Wildman–Crippen LogP) is -0.554. The van der Waals surface area contributed by atoms with Gasteiger partial charge in [-0.3, -0.25) is 4.90 Å². The first-order chi connectivity index (χ1) is 7.29. The number of hydrogen-bond donors (Lipinski definition) is 0. The van der Waals surface area contributed by atoms with E-state index >= 15 is 0 Å². The first kappa shape index (κ1) is 11.2. The first-order valence-corrected chi connectivity index (χ1v) is 5.22. The molecule has 0 saturated heterocycles. The Hall–Kier alpha value is -1.25. The molecule has 0 bridgehead atoms. The molecule has 16 heavy (non-hydrogen) atoms. The summed E-state index contributed by atoms with van der Waals surface area (Å²) in [4.78, 5) is 2.26. The van der Waals surface area contributed by atoms with Crippen molar-refractivity contribution in [3.05, 3.63) is 53.9 Å². The molecular formula is C13H14ClN2-. The van der Waals surface area contributed by atoms with Crippen LogP contribution < -0.4 is 12.4 Å². The van der Waals surface area contributed by atoms with Gasteiger partial charge in [0.05, 0.1) is 11.7 Å². The van der Waals surface area contributed by atoms with E-state index in [-0.39, 0.29) is 12.4 Å². The molecule has 1 aliphatic heterocycles. The normalized spacial score (nSPS) is 16.8. The van der Waals surface area contributed by atoms with Crippen molar-refractivity contribution in [3.63, 3.8) is 0 Å². The SMILES string of the molecule is CN(C)C1c2ccccc2-n2cccc21.[Cl-]. The number of benzene rings is 1. The van der Waals surface area contributed by atoms with Crippen LogP contribution in [0.5, 0.6) is 0 Å². The molecule has 0 spiro atoms. The van der Waals surface area contributed by atoms with E-state index < -0.39 is 0 Å². The minimum atomic E-state index is 0. The summed E-state index contributed by atoms with van der Waals surface area (Å²) in [6, 6.07) is 13.3. The van der Waals surface area contributed by atoms with Gasteiger partial charge < -0.3 is 17.0 Å². The lowest BCUT2D eigenvalue weighted by Crippen LogP contribution is -3.00. The molecule has 3 rings (SSSR count). The maximum absolute atomic E-state index is 2.28. The number of nitrogens with zero attached hydrogens (tertiary/aromatic N) is 2. The van der Waals surface area contributed by atoms with Crippen molar-refractivity contribution in [2.45, 2.75) is 6.04 Å². The molecule has 1 aromatic heterocycles. The zero-order chi connectivity index (χ0) is 10.4. The lowest BCUT2D eigenvalue weighted by atomic mass is 10.1. The molecule has 84 valence electrons. The third-order valence-electron chi connectivity index (χ3n) is 3.07. The number of aromatic nitrogens is 1. The lowest BCUT2D eigenvalue weighted by molar-refractivity contribution is -0.00000309. The van der Waals surface area contributed by atoms with Crippen molar-refractivity contribution < 1.29 is 12.4 Å². The molecule has 1 aliphatic rings. The molecule has 0 aliphatic carbocycles. The first-order valence-electron chi connectivity index (χ1n) is 5.22. The van der Waals surface area contributed by atoms with Crippen LogP contribution >= 0.6 is 0 Å². The second kappa shape index (κ2) is 3.96. The predicted molar refractivity (Wildman–Crippen MR) is 61.3 cm³/mol. The Bertz CT molecular complexity index is 502. The molecule has 1 unspecified atom stereocenters. The fraction of sp³-hybridized carbons (Fsp3) is 0.231. The maximum atomic E-state index is 2.28. The fourth-order valence-corrected chi connectivity index (χ4v) is 2.48. The Morgan fingerprint density at radius 2 is 1.81 bits per heavy atom. The van der Waals surface area contributed by atoms with Crippen LogP contribution in [0.3, 0.4) is 0 Å². The fourth-order valence-electron chi connectivity index (χ4n) is 2.48. The molecule has 2 heterocycles. The van der Waals surface area contributed by atoms with Crippen molar-refractivity contribution in [2.75, 3.05) is 14.1 Å². The smallest absolute Gasteiger partial charge is 0.0775 e. The van der Waals surface area contributed by atoms with Crippen LogP contribution in [0.1, 0.15) is 17.3 Å². The van der Waals surface area contributed by atoms with Crippen molar-refractivity contribution in [1.29, 1.82) is 0 Å². The number of para-hydroxylation sites is 1. The average molecular weight is 234 g/mol. The standard InChI is InChI=1S/C13H14N2.ClH/c1-14(2)13-10-6-3-4-7-11(10)15-9-5-8-12(13)15;/h3-9,13H,1-2H3;1H/p-1. The van der Waals surface area contributed by atoms with Gasteiger partial charge in [-0.05, 0) is 37.9 Å². The van der Waals surface area contributed by atoms with E-state index in [0.29, 0.717) is 6.04 Å². The zero-order valence-electron chi connectivity index (χ0n) is 9.39. The number of fused-ring (bicyclic) bond motifs is 3. The summed E-state index contributed by atoms with van der Waals surface area (Å²) in [7, 11) is 4.26. The summed E-state index contributed by atoms with van der Waals surface area (Å²) >= 11 is 0. The molecule has 0 fully saturated rings. The molecule has 2 nitrogen and oxygen atoms in total. The van der Waals surface area contributed by atoms with Gasteiger partial charge in [-0.2, -0.15) is 0 Å². The Morgan fingerprint density at radius 3 is 2.56 bits per heavy atom. The summed E-state index contributed by atoms with van der Waals surface area (Å²) < 4.78 is 2.28. The van der Waals surface area contributed by atoms with Crippen molar-refractivity contribution in [3.8, 4) is 5.69 Å². The highest BCUT2D eigenvalue weighted by molar-refractivity contribution is 5.53. The molecule has 3 heteroatoms. The molecule has 0 radical (unpaired) electrons. The van der Waals surface area contributed by atoms with Gasteiger partial charge in [0.2, 0.25) is 0 Å². The van der Waals surface area contributed by atoms with E-state index in [9.17, 15) is 0 Å². The summed E-state index contributed by atoms with van der Waals surface area (Å²) in [5, 5.41) is 0. The van der Waals surface area contributed by atoms with Crippen LogP contribution in [-0.2, 0) is 0 Å². The quantitative estimate of drug-likeness (QED) is 0.642. The van der Waals surface area contributed by atoms with Crippen molar-refractivity contribution >= 4 is 0 Å². The van der Waals surface area contributed by atoms with E-state index in [2.05, 4.69) is 66.2 Å². The van der Waals surface area contributed by atoms with Gasteiger partial charge in [0, 0.05) is 11.9 Å². The van der Waals surface area contributed by atoms with Crippen LogP contribution in [0.25, 0.3) is 5.69 Å². The lowest BCUT2D eigenvalue weighted by Gasteiger charge is -2.19. The van der Waals surface area contributed by atoms with Gasteiger partial charge in [0.15, 0.2) is 0 Å². The minimum Gasteiger partial charge on any atom is -1.00 e. The van der Waals surface area contributed by atoms with Gasteiger partial charge in [-0.25, -0.2) is 0 Å². The number of rotatable bonds is 1. The monoisotopic (exact) mass is 233 g/mol. The van der Waals surface area contributed by atoms with E-state index in [1.54, 1.807) is 0 Å². The topological polar surface area (TPSA) is 8.17 Å². The van der Waals surface area contributed by atoms with Gasteiger partial charge in [0.25, 0.3) is 0 Å². The van der Waals surface area contributed by atoms with E-state index in [0.717, 1.165) is 0 Å². The van der Waals surface area contributed by atoms with Crippen LogP contribution in [0.15, 0.2) is 42.6 Å². The van der Waals surface area contributed by atoms with Crippen LogP contribution in [0, 0.1) is 0 Å². The second-order valence-electron chi connectivity index (χ2n) is 4.23. The zero-order valence-corrected chi connectivity index (χ0v) is 10.1. The van der Waals surface area contributed by atoms with E-state index in [1.165, 1.54) is 16.9 Å². The second-order valence-corrected chi connectivity index (χ2v) is 4.23. The van der Waals surface area contributed by atoms with Crippen molar-refractivity contribution in [2.24, 2.45) is 0 Å². The number of halogens is 1. The summed E-state index contributed by atoms with van der Waals surface area (Å²) in [5.41, 5.74) is 4.08. The Morgan fingerprint density at radius 1 is 1.06 bits per heavy atom. The largest absolute Gasteiger partial charge is 1.00 e. The Labute approximate surface area is 102 Å². The molecular weight excluding hydrogens is 220 g/mol. The molecule has 1 atom stereocenters. The Balaban J connectivity index is 0.000000963. The summed E-state index contributed by atoms with van der Waals surface area (Å²) in [6.45, 7) is 0. The average Bonchev–Trinajstić information content (AvgIpc) is 2.75. The maximum Gasteiger partial charge on any atom is 0.0775 e. The summed E-state index contributed by atoms with van der Waals surface area (Å²) in [6.07, 6.45) is 2.14. The van der Waals surface area contributed by atoms with Crippen LogP contribution in [0.4, 0.5) is 0 Å².